The number of rotatable bonds is 4. The maximum absolute atomic E-state index is 5.94. The van der Waals surface area contributed by atoms with Gasteiger partial charge in [0, 0.05) is 5.39 Å². The monoisotopic (exact) mass is 308 g/mol. The lowest BCUT2D eigenvalue weighted by Gasteiger charge is -2.08. The molecular formula is C18H16N2O3. The van der Waals surface area contributed by atoms with Gasteiger partial charge in [-0.2, -0.15) is 4.98 Å². The van der Waals surface area contributed by atoms with Gasteiger partial charge in [0.1, 0.15) is 11.3 Å². The van der Waals surface area contributed by atoms with Gasteiger partial charge in [0.05, 0.1) is 13.2 Å². The molecule has 2 aromatic carbocycles. The second-order valence-electron chi connectivity index (χ2n) is 5.38. The molecule has 1 atom stereocenters. The molecular weight excluding hydrogens is 292 g/mol. The highest BCUT2D eigenvalue weighted by atomic mass is 16.5. The SMILES string of the molecule is COc1cccc2cc([C@H](C)Nc3nc4ccccc4o3)oc12. The molecule has 4 rings (SSSR count). The molecule has 0 saturated carbocycles. The maximum atomic E-state index is 5.94. The Hall–Kier alpha value is -2.95. The number of nitrogens with one attached hydrogen (secondary N) is 1. The molecule has 0 spiro atoms. The fourth-order valence-corrected chi connectivity index (χ4v) is 2.62. The molecule has 2 heterocycles. The number of benzene rings is 2. The Morgan fingerprint density at radius 3 is 2.78 bits per heavy atom. The summed E-state index contributed by atoms with van der Waals surface area (Å²) in [5.41, 5.74) is 2.33. The number of hydrogen-bond acceptors (Lipinski definition) is 5. The Labute approximate surface area is 132 Å². The Kier molecular flexibility index (Phi) is 3.19. The van der Waals surface area contributed by atoms with Crippen LogP contribution in [0.15, 0.2) is 57.4 Å². The number of nitrogens with zero attached hydrogens (tertiary/aromatic N) is 1. The van der Waals surface area contributed by atoms with Gasteiger partial charge in [-0.1, -0.05) is 24.3 Å². The summed E-state index contributed by atoms with van der Waals surface area (Å²) in [6.07, 6.45) is 0. The van der Waals surface area contributed by atoms with Gasteiger partial charge in [-0.25, -0.2) is 0 Å². The summed E-state index contributed by atoms with van der Waals surface area (Å²) in [6, 6.07) is 15.9. The molecule has 5 nitrogen and oxygen atoms in total. The van der Waals surface area contributed by atoms with E-state index in [1.165, 1.54) is 0 Å². The molecule has 0 aliphatic carbocycles. The molecule has 116 valence electrons. The van der Waals surface area contributed by atoms with E-state index in [1.807, 2.05) is 55.5 Å². The van der Waals surface area contributed by atoms with E-state index >= 15 is 0 Å². The Morgan fingerprint density at radius 2 is 1.96 bits per heavy atom. The van der Waals surface area contributed by atoms with E-state index in [9.17, 15) is 0 Å². The molecule has 0 aliphatic heterocycles. The van der Waals surface area contributed by atoms with E-state index in [2.05, 4.69) is 10.3 Å². The molecule has 0 saturated heterocycles. The number of para-hydroxylation sites is 3. The molecule has 0 radical (unpaired) electrons. The van der Waals surface area contributed by atoms with Gasteiger partial charge in [-0.3, -0.25) is 0 Å². The van der Waals surface area contributed by atoms with Gasteiger partial charge in [-0.05, 0) is 31.2 Å². The van der Waals surface area contributed by atoms with Gasteiger partial charge in [0.15, 0.2) is 16.9 Å². The van der Waals surface area contributed by atoms with E-state index in [4.69, 9.17) is 13.6 Å². The minimum atomic E-state index is -0.0832. The quantitative estimate of drug-likeness (QED) is 0.589. The molecule has 0 amide bonds. The third-order valence-electron chi connectivity index (χ3n) is 3.81. The van der Waals surface area contributed by atoms with Crippen LogP contribution < -0.4 is 10.1 Å². The second-order valence-corrected chi connectivity index (χ2v) is 5.38. The van der Waals surface area contributed by atoms with Crippen molar-refractivity contribution >= 4 is 28.1 Å². The lowest BCUT2D eigenvalue weighted by Crippen LogP contribution is -2.05. The van der Waals surface area contributed by atoms with Crippen LogP contribution in [-0.4, -0.2) is 12.1 Å². The highest BCUT2D eigenvalue weighted by Gasteiger charge is 2.16. The van der Waals surface area contributed by atoms with Crippen molar-refractivity contribution in [2.75, 3.05) is 12.4 Å². The van der Waals surface area contributed by atoms with Crippen molar-refractivity contribution in [2.45, 2.75) is 13.0 Å². The number of furan rings is 1. The predicted octanol–water partition coefficient (Wildman–Crippen LogP) is 4.76. The van der Waals surface area contributed by atoms with Gasteiger partial charge in [0.25, 0.3) is 6.01 Å². The first-order chi connectivity index (χ1) is 11.2. The van der Waals surface area contributed by atoms with Crippen molar-refractivity contribution in [1.29, 1.82) is 0 Å². The maximum Gasteiger partial charge on any atom is 0.296 e. The van der Waals surface area contributed by atoms with E-state index in [1.54, 1.807) is 7.11 Å². The summed E-state index contributed by atoms with van der Waals surface area (Å²) in [5.74, 6) is 1.52. The fraction of sp³-hybridized carbons (Fsp3) is 0.167. The van der Waals surface area contributed by atoms with Crippen LogP contribution in [0.4, 0.5) is 6.01 Å². The van der Waals surface area contributed by atoms with Gasteiger partial charge in [-0.15, -0.1) is 0 Å². The number of oxazole rings is 1. The van der Waals surface area contributed by atoms with Crippen LogP contribution in [0, 0.1) is 0 Å². The van der Waals surface area contributed by atoms with Crippen molar-refractivity contribution in [3.05, 3.63) is 54.3 Å². The van der Waals surface area contributed by atoms with Gasteiger partial charge in [0.2, 0.25) is 0 Å². The minimum absolute atomic E-state index is 0.0832. The van der Waals surface area contributed by atoms with Crippen LogP contribution in [0.25, 0.3) is 22.1 Å². The number of ether oxygens (including phenoxy) is 1. The molecule has 2 aromatic heterocycles. The van der Waals surface area contributed by atoms with E-state index in [0.717, 1.165) is 33.6 Å². The smallest absolute Gasteiger partial charge is 0.296 e. The average Bonchev–Trinajstić information content (AvgIpc) is 3.17. The molecule has 0 unspecified atom stereocenters. The molecule has 5 heteroatoms. The van der Waals surface area contributed by atoms with E-state index in [-0.39, 0.29) is 6.04 Å². The summed E-state index contributed by atoms with van der Waals surface area (Å²) in [4.78, 5) is 4.42. The third-order valence-corrected chi connectivity index (χ3v) is 3.81. The summed E-state index contributed by atoms with van der Waals surface area (Å²) >= 11 is 0. The standard InChI is InChI=1S/C18H16N2O3/c1-11(19-18-20-13-7-3-4-8-14(13)23-18)16-10-12-6-5-9-15(21-2)17(12)22-16/h3-11H,1-2H3,(H,19,20)/t11-/m0/s1. The predicted molar refractivity (Wildman–Crippen MR) is 88.8 cm³/mol. The van der Waals surface area contributed by atoms with Gasteiger partial charge < -0.3 is 18.9 Å². The Morgan fingerprint density at radius 1 is 1.09 bits per heavy atom. The Bertz CT molecular complexity index is 938. The molecule has 0 fully saturated rings. The lowest BCUT2D eigenvalue weighted by atomic mass is 10.2. The zero-order valence-corrected chi connectivity index (χ0v) is 12.9. The van der Waals surface area contributed by atoms with Gasteiger partial charge >= 0.3 is 0 Å². The van der Waals surface area contributed by atoms with Crippen LogP contribution in [0.1, 0.15) is 18.7 Å². The van der Waals surface area contributed by atoms with Crippen molar-refractivity contribution in [3.63, 3.8) is 0 Å². The number of aromatic nitrogens is 1. The number of methoxy groups -OCH3 is 1. The molecule has 23 heavy (non-hydrogen) atoms. The van der Waals surface area contributed by atoms with Crippen molar-refractivity contribution < 1.29 is 13.6 Å². The fourth-order valence-electron chi connectivity index (χ4n) is 2.62. The topological polar surface area (TPSA) is 60.4 Å². The largest absolute Gasteiger partial charge is 0.493 e. The van der Waals surface area contributed by atoms with Crippen LogP contribution >= 0.6 is 0 Å². The first kappa shape index (κ1) is 13.7. The first-order valence-corrected chi connectivity index (χ1v) is 7.43. The first-order valence-electron chi connectivity index (χ1n) is 7.43. The molecule has 0 aliphatic rings. The molecule has 0 bridgehead atoms. The van der Waals surface area contributed by atoms with Crippen LogP contribution in [0.5, 0.6) is 5.75 Å². The molecule has 1 N–H and O–H groups in total. The normalized spacial score (nSPS) is 12.6. The van der Waals surface area contributed by atoms with E-state index in [0.29, 0.717) is 6.01 Å². The van der Waals surface area contributed by atoms with Crippen LogP contribution in [-0.2, 0) is 0 Å². The average molecular weight is 308 g/mol. The summed E-state index contributed by atoms with van der Waals surface area (Å²) in [5, 5.41) is 4.24. The van der Waals surface area contributed by atoms with E-state index < -0.39 is 0 Å². The third kappa shape index (κ3) is 2.40. The molecule has 4 aromatic rings. The second kappa shape index (κ2) is 5.35. The van der Waals surface area contributed by atoms with Crippen LogP contribution in [0.2, 0.25) is 0 Å². The zero-order chi connectivity index (χ0) is 15.8. The minimum Gasteiger partial charge on any atom is -0.493 e. The number of hydrogen-bond donors (Lipinski definition) is 1. The summed E-state index contributed by atoms with van der Waals surface area (Å²) in [6.45, 7) is 2.00. The van der Waals surface area contributed by atoms with Crippen molar-refractivity contribution in [3.8, 4) is 5.75 Å². The number of fused-ring (bicyclic) bond motifs is 2. The highest BCUT2D eigenvalue weighted by Crippen LogP contribution is 2.32. The van der Waals surface area contributed by atoms with Crippen molar-refractivity contribution in [1.82, 2.24) is 4.98 Å². The summed E-state index contributed by atoms with van der Waals surface area (Å²) < 4.78 is 17.0. The lowest BCUT2D eigenvalue weighted by molar-refractivity contribution is 0.406. The van der Waals surface area contributed by atoms with Crippen LogP contribution in [0.3, 0.4) is 0 Å². The highest BCUT2D eigenvalue weighted by molar-refractivity contribution is 5.84. The Balaban J connectivity index is 1.64. The summed E-state index contributed by atoms with van der Waals surface area (Å²) in [7, 11) is 1.64. The number of anilines is 1. The van der Waals surface area contributed by atoms with Crippen molar-refractivity contribution in [2.24, 2.45) is 0 Å². The zero-order valence-electron chi connectivity index (χ0n) is 12.9.